The van der Waals surface area contributed by atoms with Gasteiger partial charge in [0.05, 0.1) is 15.7 Å². The third-order valence-electron chi connectivity index (χ3n) is 5.52. The Kier molecular flexibility index (Phi) is 17.1. The second-order valence-corrected chi connectivity index (χ2v) is 16.6. The molecular formula is C30H45Cl2N8O7PS. The maximum absolute atomic E-state index is 12.0. The van der Waals surface area contributed by atoms with E-state index in [0.29, 0.717) is 29.2 Å². The molecule has 0 saturated carbocycles. The summed E-state index contributed by atoms with van der Waals surface area (Å²) in [5, 5.41) is 20.0. The van der Waals surface area contributed by atoms with E-state index in [0.717, 1.165) is 16.4 Å². The number of nitrogens with one attached hydrogen (secondary N) is 2. The topological polar surface area (TPSA) is 221 Å². The lowest BCUT2D eigenvalue weighted by molar-refractivity contribution is -0.138. The van der Waals surface area contributed by atoms with Gasteiger partial charge in [-0.25, -0.2) is 4.79 Å². The fourth-order valence-electron chi connectivity index (χ4n) is 3.22. The first-order chi connectivity index (χ1) is 22.5. The van der Waals surface area contributed by atoms with Gasteiger partial charge in [0.1, 0.15) is 18.4 Å². The number of anilines is 2. The summed E-state index contributed by atoms with van der Waals surface area (Å²) in [7, 11) is -3.10. The molecule has 0 radical (unpaired) electrons. The minimum atomic E-state index is -3.10. The van der Waals surface area contributed by atoms with Crippen LogP contribution in [-0.4, -0.2) is 84.5 Å². The highest BCUT2D eigenvalue weighted by atomic mass is 35.5. The molecule has 0 saturated heterocycles. The SMILES string of the molecule is C#CCOc1cc(-n2nc(C(C)(C)C)oc2=O)c(Cl)cc1Cl.CCNc1nc(NC(C)(C)C)nc(SC)n1.CP(=O)(O)CCC(N)C(=O)O. The van der Waals surface area contributed by atoms with Crippen molar-refractivity contribution in [2.24, 2.45) is 5.73 Å². The van der Waals surface area contributed by atoms with E-state index >= 15 is 0 Å². The summed E-state index contributed by atoms with van der Waals surface area (Å²) in [6.45, 7) is 15.9. The Bertz CT molecular complexity index is 1700. The highest BCUT2D eigenvalue weighted by Crippen LogP contribution is 2.36. The summed E-state index contributed by atoms with van der Waals surface area (Å²) in [5.41, 5.74) is 4.93. The number of nitrogens with zero attached hydrogens (tertiary/aromatic N) is 5. The Morgan fingerprint density at radius 3 is 2.27 bits per heavy atom. The maximum atomic E-state index is 12.0. The molecule has 2 heterocycles. The van der Waals surface area contributed by atoms with Crippen LogP contribution in [0.4, 0.5) is 11.9 Å². The molecular weight excluding hydrogens is 718 g/mol. The Labute approximate surface area is 300 Å². The minimum Gasteiger partial charge on any atom is -0.480 e. The van der Waals surface area contributed by atoms with Gasteiger partial charge >= 0.3 is 11.7 Å². The van der Waals surface area contributed by atoms with Gasteiger partial charge in [0.25, 0.3) is 0 Å². The molecule has 3 aromatic rings. The lowest BCUT2D eigenvalue weighted by Gasteiger charge is -2.20. The Hall–Kier alpha value is -3.32. The van der Waals surface area contributed by atoms with E-state index in [1.54, 1.807) is 0 Å². The molecule has 3 rings (SSSR count). The van der Waals surface area contributed by atoms with Gasteiger partial charge < -0.3 is 35.5 Å². The van der Waals surface area contributed by atoms with Crippen molar-refractivity contribution in [3.8, 4) is 23.8 Å². The zero-order chi connectivity index (χ0) is 37.7. The summed E-state index contributed by atoms with van der Waals surface area (Å²) in [5.74, 6) is 2.40. The number of thioether (sulfide) groups is 1. The normalized spacial score (nSPS) is 13.0. The first-order valence-corrected chi connectivity index (χ1v) is 19.0. The van der Waals surface area contributed by atoms with Crippen LogP contribution in [0.5, 0.6) is 5.75 Å². The molecule has 2 unspecified atom stereocenters. The van der Waals surface area contributed by atoms with Crippen LogP contribution in [0.25, 0.3) is 5.69 Å². The van der Waals surface area contributed by atoms with E-state index in [-0.39, 0.29) is 34.8 Å². The minimum absolute atomic E-state index is 0.0412. The van der Waals surface area contributed by atoms with Crippen LogP contribution in [0, 0.1) is 12.3 Å². The summed E-state index contributed by atoms with van der Waals surface area (Å²) < 4.78 is 22.2. The van der Waals surface area contributed by atoms with Gasteiger partial charge in [0.15, 0.2) is 12.5 Å². The average Bonchev–Trinajstić information content (AvgIpc) is 3.36. The monoisotopic (exact) mass is 762 g/mol. The van der Waals surface area contributed by atoms with Crippen LogP contribution in [0.1, 0.15) is 60.8 Å². The van der Waals surface area contributed by atoms with Gasteiger partial charge in [-0.05, 0) is 46.4 Å². The Morgan fingerprint density at radius 1 is 1.18 bits per heavy atom. The second kappa shape index (κ2) is 19.2. The van der Waals surface area contributed by atoms with Crippen molar-refractivity contribution in [2.45, 2.75) is 77.0 Å². The Morgan fingerprint density at radius 2 is 1.80 bits per heavy atom. The average molecular weight is 764 g/mol. The molecule has 0 aliphatic heterocycles. The van der Waals surface area contributed by atoms with Crippen LogP contribution >= 0.6 is 42.3 Å². The number of terminal acetylenes is 1. The molecule has 2 aromatic heterocycles. The van der Waals surface area contributed by atoms with Crippen molar-refractivity contribution in [1.82, 2.24) is 24.7 Å². The number of rotatable bonds is 11. The van der Waals surface area contributed by atoms with E-state index in [1.807, 2.05) is 34.0 Å². The van der Waals surface area contributed by atoms with Crippen molar-refractivity contribution < 1.29 is 28.5 Å². The van der Waals surface area contributed by atoms with Gasteiger partial charge in [-0.2, -0.15) is 19.6 Å². The quantitative estimate of drug-likeness (QED) is 0.0942. The lowest BCUT2D eigenvalue weighted by Crippen LogP contribution is -2.30. The van der Waals surface area contributed by atoms with Crippen LogP contribution in [0.15, 0.2) is 26.5 Å². The molecule has 1 aromatic carbocycles. The van der Waals surface area contributed by atoms with E-state index in [9.17, 15) is 14.2 Å². The molecule has 0 aliphatic rings. The second-order valence-electron chi connectivity index (χ2n) is 12.4. The standard InChI is InChI=1S/C15H14Cl2N2O3.C10H19N5S.C5H12NO4P/c1-5-6-21-12-8-11(9(16)7-10(12)17)19-14(20)22-13(18-19)15(2,3)4;1-6-11-7-12-8(15-10(2,3)4)14-9(13-7)16-5;1-11(9,10)3-2-4(6)5(7)8/h1,7-8H,6H2,2-4H3;6H2,1-5H3,(H2,11,12,13,14,15);4H,2-3,6H2,1H3,(H,7,8)(H,9,10). The number of carbonyl (C=O) groups is 1. The van der Waals surface area contributed by atoms with E-state index in [1.165, 1.54) is 30.6 Å². The number of aliphatic carboxylic acids is 1. The van der Waals surface area contributed by atoms with Gasteiger partial charge in [-0.1, -0.05) is 61.7 Å². The molecule has 0 bridgehead atoms. The molecule has 6 N–H and O–H groups in total. The largest absolute Gasteiger partial charge is 0.480 e. The predicted octanol–water partition coefficient (Wildman–Crippen LogP) is 5.37. The van der Waals surface area contributed by atoms with Crippen molar-refractivity contribution >= 4 is 60.2 Å². The molecule has 0 aliphatic carbocycles. The molecule has 2 atom stereocenters. The number of nitrogens with two attached hydrogens (primary N) is 1. The van der Waals surface area contributed by atoms with Gasteiger partial charge in [0, 0.05) is 36.4 Å². The van der Waals surface area contributed by atoms with Crippen molar-refractivity contribution in [2.75, 3.05) is 42.9 Å². The van der Waals surface area contributed by atoms with Crippen LogP contribution < -0.4 is 26.9 Å². The van der Waals surface area contributed by atoms with Crippen molar-refractivity contribution in [1.29, 1.82) is 0 Å². The third-order valence-corrected chi connectivity index (χ3v) is 7.76. The predicted molar refractivity (Wildman–Crippen MR) is 195 cm³/mol. The van der Waals surface area contributed by atoms with E-state index in [2.05, 4.69) is 57.4 Å². The molecule has 0 fully saturated rings. The van der Waals surface area contributed by atoms with Crippen LogP contribution in [0.2, 0.25) is 10.0 Å². The third kappa shape index (κ3) is 16.3. The number of benzene rings is 1. The highest BCUT2D eigenvalue weighted by molar-refractivity contribution is 7.98. The molecule has 15 nitrogen and oxygen atoms in total. The maximum Gasteiger partial charge on any atom is 0.442 e. The summed E-state index contributed by atoms with van der Waals surface area (Å²) in [4.78, 5) is 43.8. The zero-order valence-electron chi connectivity index (χ0n) is 29.0. The van der Waals surface area contributed by atoms with Crippen molar-refractivity contribution in [3.05, 3.63) is 38.6 Å². The number of carboxylic acids is 1. The van der Waals surface area contributed by atoms with Crippen LogP contribution in [-0.2, 0) is 14.8 Å². The first kappa shape index (κ1) is 43.7. The van der Waals surface area contributed by atoms with Crippen molar-refractivity contribution in [3.63, 3.8) is 0 Å². The lowest BCUT2D eigenvalue weighted by atomic mass is 9.97. The number of hydrogen-bond donors (Lipinski definition) is 5. The summed E-state index contributed by atoms with van der Waals surface area (Å²) in [6.07, 6.45) is 7.10. The summed E-state index contributed by atoms with van der Waals surface area (Å²) in [6, 6.07) is 1.93. The summed E-state index contributed by atoms with van der Waals surface area (Å²) >= 11 is 13.7. The number of carboxylic acid groups (broad SMARTS) is 1. The van der Waals surface area contributed by atoms with Gasteiger partial charge in [-0.15, -0.1) is 11.5 Å². The first-order valence-electron chi connectivity index (χ1n) is 14.8. The molecule has 49 heavy (non-hydrogen) atoms. The number of aromatic nitrogens is 5. The van der Waals surface area contributed by atoms with E-state index < -0.39 is 30.6 Å². The van der Waals surface area contributed by atoms with Gasteiger partial charge in [-0.3, -0.25) is 9.36 Å². The number of ether oxygens (including phenoxy) is 1. The van der Waals surface area contributed by atoms with Gasteiger partial charge in [0.2, 0.25) is 17.8 Å². The van der Waals surface area contributed by atoms with Crippen LogP contribution in [0.3, 0.4) is 0 Å². The zero-order valence-corrected chi connectivity index (χ0v) is 32.2. The number of halogens is 2. The smallest absolute Gasteiger partial charge is 0.442 e. The molecule has 19 heteroatoms. The highest BCUT2D eigenvalue weighted by Gasteiger charge is 2.24. The molecule has 0 amide bonds. The Balaban J connectivity index is 0.000000392. The number of hydrogen-bond acceptors (Lipinski definition) is 13. The molecule has 0 spiro atoms. The molecule has 272 valence electrons. The van der Waals surface area contributed by atoms with E-state index in [4.69, 9.17) is 54.5 Å². The fourth-order valence-corrected chi connectivity index (χ4v) is 4.85. The fraction of sp³-hybridized carbons (Fsp3) is 0.533.